The van der Waals surface area contributed by atoms with Crippen LogP contribution < -0.4 is 5.73 Å². The van der Waals surface area contributed by atoms with E-state index in [4.69, 9.17) is 10.5 Å². The van der Waals surface area contributed by atoms with Crippen LogP contribution in [0.2, 0.25) is 0 Å². The highest BCUT2D eigenvalue weighted by Crippen LogP contribution is 2.22. The molecule has 1 aromatic rings. The van der Waals surface area contributed by atoms with Crippen molar-refractivity contribution in [3.05, 3.63) is 34.3 Å². The third kappa shape index (κ3) is 2.61. The lowest BCUT2D eigenvalue weighted by Crippen LogP contribution is -2.40. The average molecular weight is 299 g/mol. The van der Waals surface area contributed by atoms with Crippen LogP contribution in [0.5, 0.6) is 0 Å². The number of nitrogens with two attached hydrogens (primary N) is 1. The Morgan fingerprint density at radius 2 is 2.29 bits per heavy atom. The van der Waals surface area contributed by atoms with Crippen LogP contribution in [0.15, 0.2) is 28.7 Å². The minimum atomic E-state index is -0.291. The van der Waals surface area contributed by atoms with Gasteiger partial charge in [-0.3, -0.25) is 0 Å². The van der Waals surface area contributed by atoms with Crippen molar-refractivity contribution in [3.63, 3.8) is 0 Å². The molecule has 0 radical (unpaired) electrons. The molecule has 0 aromatic heterocycles. The van der Waals surface area contributed by atoms with Gasteiger partial charge in [0.15, 0.2) is 0 Å². The number of likely N-dealkylation sites (N-methyl/N-ethyl adjacent to an activating group) is 1. The molecule has 17 heavy (non-hydrogen) atoms. The fraction of sp³-hybridized carbons (Fsp3) is 0.417. The molecule has 1 aliphatic rings. The summed E-state index contributed by atoms with van der Waals surface area (Å²) in [5.41, 5.74) is 6.81. The van der Waals surface area contributed by atoms with Crippen molar-refractivity contribution in [2.45, 2.75) is 18.6 Å². The van der Waals surface area contributed by atoms with Crippen molar-refractivity contribution in [2.24, 2.45) is 5.73 Å². The number of rotatable bonds is 3. The first-order valence-corrected chi connectivity index (χ1v) is 6.29. The van der Waals surface area contributed by atoms with Gasteiger partial charge in [0.2, 0.25) is 0 Å². The predicted octanol–water partition coefficient (Wildman–Crippen LogP) is 1.77. The highest BCUT2D eigenvalue weighted by atomic mass is 79.9. The number of benzene rings is 1. The van der Waals surface area contributed by atoms with Crippen LogP contribution in [-0.2, 0) is 11.2 Å². The molecular weight excluding hydrogens is 284 g/mol. The molecule has 0 saturated carbocycles. The Morgan fingerprint density at radius 3 is 2.94 bits per heavy atom. The SMILES string of the molecule is CN1C(=O)OC(Cc2cccc(Br)c2)C1CN. The van der Waals surface area contributed by atoms with Crippen LogP contribution in [0.4, 0.5) is 4.79 Å². The highest BCUT2D eigenvalue weighted by molar-refractivity contribution is 9.10. The van der Waals surface area contributed by atoms with Crippen LogP contribution in [-0.4, -0.2) is 36.7 Å². The van der Waals surface area contributed by atoms with Crippen molar-refractivity contribution in [1.29, 1.82) is 0 Å². The summed E-state index contributed by atoms with van der Waals surface area (Å²) in [6.45, 7) is 0.418. The maximum atomic E-state index is 11.4. The minimum absolute atomic E-state index is 0.0403. The van der Waals surface area contributed by atoms with Crippen molar-refractivity contribution in [1.82, 2.24) is 4.90 Å². The summed E-state index contributed by atoms with van der Waals surface area (Å²) in [6.07, 6.45) is 0.240. The van der Waals surface area contributed by atoms with Gasteiger partial charge >= 0.3 is 6.09 Å². The molecule has 4 nitrogen and oxygen atoms in total. The van der Waals surface area contributed by atoms with E-state index in [0.29, 0.717) is 13.0 Å². The number of carbonyl (C=O) groups excluding carboxylic acids is 1. The second-order valence-corrected chi connectivity index (χ2v) is 5.09. The summed E-state index contributed by atoms with van der Waals surface area (Å²) in [5.74, 6) is 0. The molecule has 1 saturated heterocycles. The molecule has 92 valence electrons. The number of carbonyl (C=O) groups is 1. The zero-order valence-corrected chi connectivity index (χ0v) is 11.2. The van der Waals surface area contributed by atoms with Crippen LogP contribution in [0.1, 0.15) is 5.56 Å². The van der Waals surface area contributed by atoms with Gasteiger partial charge in [0, 0.05) is 24.5 Å². The molecule has 1 amide bonds. The molecule has 0 bridgehead atoms. The molecule has 5 heteroatoms. The van der Waals surface area contributed by atoms with E-state index < -0.39 is 0 Å². The summed E-state index contributed by atoms with van der Waals surface area (Å²) < 4.78 is 6.34. The predicted molar refractivity (Wildman–Crippen MR) is 68.7 cm³/mol. The first kappa shape index (κ1) is 12.4. The normalized spacial score (nSPS) is 23.9. The quantitative estimate of drug-likeness (QED) is 0.925. The smallest absolute Gasteiger partial charge is 0.410 e. The van der Waals surface area contributed by atoms with E-state index in [9.17, 15) is 4.79 Å². The highest BCUT2D eigenvalue weighted by Gasteiger charge is 2.38. The van der Waals surface area contributed by atoms with Crippen LogP contribution in [0.3, 0.4) is 0 Å². The fourth-order valence-electron chi connectivity index (χ4n) is 2.06. The Balaban J connectivity index is 2.11. The van der Waals surface area contributed by atoms with Crippen LogP contribution in [0, 0.1) is 0 Å². The molecule has 1 aromatic carbocycles. The third-order valence-electron chi connectivity index (χ3n) is 3.03. The van der Waals surface area contributed by atoms with E-state index in [1.807, 2.05) is 24.3 Å². The Morgan fingerprint density at radius 1 is 1.53 bits per heavy atom. The molecule has 1 aliphatic heterocycles. The van der Waals surface area contributed by atoms with Gasteiger partial charge in [-0.05, 0) is 17.7 Å². The van der Waals surface area contributed by atoms with E-state index >= 15 is 0 Å². The van der Waals surface area contributed by atoms with Crippen molar-refractivity contribution >= 4 is 22.0 Å². The third-order valence-corrected chi connectivity index (χ3v) is 3.53. The van der Waals surface area contributed by atoms with E-state index in [1.165, 1.54) is 0 Å². The molecule has 2 atom stereocenters. The lowest BCUT2D eigenvalue weighted by atomic mass is 10.0. The second kappa shape index (κ2) is 5.06. The van der Waals surface area contributed by atoms with E-state index in [0.717, 1.165) is 10.0 Å². The fourth-order valence-corrected chi connectivity index (χ4v) is 2.51. The Kier molecular flexibility index (Phi) is 3.69. The summed E-state index contributed by atoms with van der Waals surface area (Å²) >= 11 is 3.42. The molecule has 2 unspecified atom stereocenters. The van der Waals surface area contributed by atoms with Gasteiger partial charge in [-0.25, -0.2) is 4.79 Å². The maximum absolute atomic E-state index is 11.4. The number of ether oxygens (including phenoxy) is 1. The molecule has 2 rings (SSSR count). The van der Waals surface area contributed by atoms with Gasteiger partial charge in [-0.2, -0.15) is 0 Å². The van der Waals surface area contributed by atoms with Crippen LogP contribution >= 0.6 is 15.9 Å². The second-order valence-electron chi connectivity index (χ2n) is 4.17. The minimum Gasteiger partial charge on any atom is -0.443 e. The summed E-state index contributed by atoms with van der Waals surface area (Å²) in [7, 11) is 1.72. The first-order chi connectivity index (χ1) is 8.11. The van der Waals surface area contributed by atoms with Crippen molar-refractivity contribution < 1.29 is 9.53 Å². The van der Waals surface area contributed by atoms with Crippen molar-refractivity contribution in [2.75, 3.05) is 13.6 Å². The number of hydrogen-bond acceptors (Lipinski definition) is 3. The van der Waals surface area contributed by atoms with Gasteiger partial charge < -0.3 is 15.4 Å². The topological polar surface area (TPSA) is 55.6 Å². The number of amides is 1. The lowest BCUT2D eigenvalue weighted by molar-refractivity contribution is 0.130. The van der Waals surface area contributed by atoms with E-state index in [2.05, 4.69) is 15.9 Å². The monoisotopic (exact) mass is 298 g/mol. The van der Waals surface area contributed by atoms with Gasteiger partial charge in [-0.1, -0.05) is 28.1 Å². The summed E-state index contributed by atoms with van der Waals surface area (Å²) in [4.78, 5) is 13.0. The van der Waals surface area contributed by atoms with Gasteiger partial charge in [0.05, 0.1) is 6.04 Å². The lowest BCUT2D eigenvalue weighted by Gasteiger charge is -2.19. The van der Waals surface area contributed by atoms with Crippen molar-refractivity contribution in [3.8, 4) is 0 Å². The summed E-state index contributed by atoms with van der Waals surface area (Å²) in [6, 6.07) is 7.94. The van der Waals surface area contributed by atoms with Crippen LogP contribution in [0.25, 0.3) is 0 Å². The summed E-state index contributed by atoms with van der Waals surface area (Å²) in [5, 5.41) is 0. The van der Waals surface area contributed by atoms with E-state index in [-0.39, 0.29) is 18.2 Å². The zero-order chi connectivity index (χ0) is 12.4. The molecule has 0 spiro atoms. The number of nitrogens with zero attached hydrogens (tertiary/aromatic N) is 1. The first-order valence-electron chi connectivity index (χ1n) is 5.49. The maximum Gasteiger partial charge on any atom is 0.410 e. The molecule has 1 heterocycles. The molecular formula is C12H15BrN2O2. The average Bonchev–Trinajstić information content (AvgIpc) is 2.54. The van der Waals surface area contributed by atoms with Gasteiger partial charge in [0.1, 0.15) is 6.10 Å². The molecule has 2 N–H and O–H groups in total. The molecule has 0 aliphatic carbocycles. The Hall–Kier alpha value is -1.07. The molecule has 1 fully saturated rings. The zero-order valence-electron chi connectivity index (χ0n) is 9.60. The van der Waals surface area contributed by atoms with Gasteiger partial charge in [0.25, 0.3) is 0 Å². The number of cyclic esters (lactones) is 1. The standard InChI is InChI=1S/C12H15BrN2O2/c1-15-10(7-14)11(17-12(15)16)6-8-3-2-4-9(13)5-8/h2-5,10-11H,6-7,14H2,1H3. The largest absolute Gasteiger partial charge is 0.443 e. The van der Waals surface area contributed by atoms with E-state index in [1.54, 1.807) is 11.9 Å². The number of hydrogen-bond donors (Lipinski definition) is 1. The Labute approximate surface area is 109 Å². The Bertz CT molecular complexity index is 425. The van der Waals surface area contributed by atoms with Gasteiger partial charge in [-0.15, -0.1) is 0 Å². The number of halogens is 1.